The number of ether oxygens (including phenoxy) is 1. The van der Waals surface area contributed by atoms with Crippen LogP contribution in [0.2, 0.25) is 0 Å². The molecule has 0 bridgehead atoms. The highest BCUT2D eigenvalue weighted by molar-refractivity contribution is 5.85. The van der Waals surface area contributed by atoms with Gasteiger partial charge in [-0.25, -0.2) is 4.39 Å². The van der Waals surface area contributed by atoms with Crippen molar-refractivity contribution in [1.29, 1.82) is 0 Å². The third-order valence-corrected chi connectivity index (χ3v) is 7.75. The van der Waals surface area contributed by atoms with Gasteiger partial charge in [-0.3, -0.25) is 9.59 Å². The molecule has 0 aliphatic heterocycles. The number of benzene rings is 3. The van der Waals surface area contributed by atoms with E-state index >= 15 is 0 Å². The molecule has 0 atom stereocenters. The van der Waals surface area contributed by atoms with E-state index in [1.807, 2.05) is 60.5 Å². The number of para-hydroxylation sites is 1. The normalized spacial score (nSPS) is 11.0. The Morgan fingerprint density at radius 1 is 0.791 bits per heavy atom. The second-order valence-electron chi connectivity index (χ2n) is 11.0. The average Bonchev–Trinajstić information content (AvgIpc) is 3.43. The second kappa shape index (κ2) is 16.5. The van der Waals surface area contributed by atoms with Crippen LogP contribution in [0.4, 0.5) is 4.39 Å². The Kier molecular flexibility index (Phi) is 12.2. The van der Waals surface area contributed by atoms with Crippen molar-refractivity contribution in [3.63, 3.8) is 0 Å². The maximum absolute atomic E-state index is 14.0. The predicted molar refractivity (Wildman–Crippen MR) is 170 cm³/mol. The fourth-order valence-electron chi connectivity index (χ4n) is 5.31. The molecule has 0 fully saturated rings. The Morgan fingerprint density at radius 2 is 1.47 bits per heavy atom. The van der Waals surface area contributed by atoms with Gasteiger partial charge in [0.1, 0.15) is 18.1 Å². The van der Waals surface area contributed by atoms with E-state index in [0.29, 0.717) is 32.5 Å². The average molecular weight is 586 g/mol. The summed E-state index contributed by atoms with van der Waals surface area (Å²) in [6, 6.07) is 22.1. The first-order valence-corrected chi connectivity index (χ1v) is 15.5. The van der Waals surface area contributed by atoms with Gasteiger partial charge in [0.2, 0.25) is 11.8 Å². The predicted octanol–water partition coefficient (Wildman–Crippen LogP) is 7.67. The zero-order chi connectivity index (χ0) is 30.4. The van der Waals surface area contributed by atoms with E-state index in [4.69, 9.17) is 4.74 Å². The van der Waals surface area contributed by atoms with Crippen molar-refractivity contribution in [2.45, 2.75) is 71.9 Å². The van der Waals surface area contributed by atoms with Crippen LogP contribution in [0.1, 0.15) is 69.1 Å². The van der Waals surface area contributed by atoms with Gasteiger partial charge in [0, 0.05) is 43.2 Å². The topological polar surface area (TPSA) is 65.6 Å². The number of fused-ring (bicyclic) bond motifs is 1. The van der Waals surface area contributed by atoms with Crippen LogP contribution in [-0.2, 0) is 29.1 Å². The van der Waals surface area contributed by atoms with Crippen molar-refractivity contribution < 1.29 is 18.7 Å². The molecule has 0 spiro atoms. The SMILES string of the molecule is CCCCCCCC(=O)N(CC(=O)N(CCc1c[nH]c2ccccc12)Cc1ccc(OCC)cc1)Cc1ccc(F)cc1. The van der Waals surface area contributed by atoms with Crippen LogP contribution in [0, 0.1) is 5.82 Å². The minimum atomic E-state index is -0.326. The summed E-state index contributed by atoms with van der Waals surface area (Å²) in [5, 5.41) is 1.15. The highest BCUT2D eigenvalue weighted by Crippen LogP contribution is 2.20. The standard InChI is InChI=1S/C36H44FN3O3/c1-3-5-6-7-8-13-35(41)40(26-28-14-18-31(37)19-15-28)27-36(42)39(25-29-16-20-32(21-17-29)43-4-2)23-22-30-24-38-34-12-10-9-11-33(30)34/h9-12,14-21,24,38H,3-8,13,22-23,25-27H2,1-2H3. The zero-order valence-electron chi connectivity index (χ0n) is 25.5. The molecule has 6 nitrogen and oxygen atoms in total. The number of aromatic nitrogens is 1. The van der Waals surface area contributed by atoms with E-state index in [-0.39, 0.29) is 30.7 Å². The number of carbonyl (C=O) groups is 2. The van der Waals surface area contributed by atoms with Crippen LogP contribution in [0.5, 0.6) is 5.75 Å². The third kappa shape index (κ3) is 9.70. The minimum absolute atomic E-state index is 0.0317. The van der Waals surface area contributed by atoms with Crippen molar-refractivity contribution in [3.8, 4) is 5.75 Å². The van der Waals surface area contributed by atoms with Gasteiger partial charge in [0.05, 0.1) is 6.61 Å². The van der Waals surface area contributed by atoms with Crippen molar-refractivity contribution in [2.24, 2.45) is 0 Å². The number of nitrogens with one attached hydrogen (secondary N) is 1. The first-order chi connectivity index (χ1) is 21.0. The van der Waals surface area contributed by atoms with Crippen molar-refractivity contribution in [3.05, 3.63) is 102 Å². The van der Waals surface area contributed by atoms with Crippen LogP contribution in [0.15, 0.2) is 79.0 Å². The fourth-order valence-corrected chi connectivity index (χ4v) is 5.31. The van der Waals surface area contributed by atoms with Gasteiger partial charge in [0.25, 0.3) is 0 Å². The lowest BCUT2D eigenvalue weighted by molar-refractivity contribution is -0.141. The number of H-pyrrole nitrogens is 1. The summed E-state index contributed by atoms with van der Waals surface area (Å²) >= 11 is 0. The van der Waals surface area contributed by atoms with E-state index in [2.05, 4.69) is 18.0 Å². The van der Waals surface area contributed by atoms with E-state index in [1.165, 1.54) is 12.1 Å². The molecule has 3 aromatic carbocycles. The molecule has 0 saturated heterocycles. The molecule has 0 saturated carbocycles. The highest BCUT2D eigenvalue weighted by atomic mass is 19.1. The summed E-state index contributed by atoms with van der Waals surface area (Å²) in [5.74, 6) is 0.298. The van der Waals surface area contributed by atoms with Gasteiger partial charge >= 0.3 is 0 Å². The van der Waals surface area contributed by atoms with Crippen molar-refractivity contribution in [1.82, 2.24) is 14.8 Å². The van der Waals surface area contributed by atoms with Gasteiger partial charge < -0.3 is 19.5 Å². The molecule has 43 heavy (non-hydrogen) atoms. The number of nitrogens with zero attached hydrogens (tertiary/aromatic N) is 2. The largest absolute Gasteiger partial charge is 0.494 e. The summed E-state index contributed by atoms with van der Waals surface area (Å²) in [6.45, 7) is 5.86. The number of carbonyl (C=O) groups excluding carboxylic acids is 2. The number of unbranched alkanes of at least 4 members (excludes halogenated alkanes) is 4. The van der Waals surface area contributed by atoms with Crippen LogP contribution >= 0.6 is 0 Å². The molecule has 2 amide bonds. The lowest BCUT2D eigenvalue weighted by atomic mass is 10.1. The molecule has 7 heteroatoms. The number of hydrogen-bond acceptors (Lipinski definition) is 3. The number of amides is 2. The molecule has 4 rings (SSSR count). The highest BCUT2D eigenvalue weighted by Gasteiger charge is 2.22. The Balaban J connectivity index is 1.51. The maximum atomic E-state index is 14.0. The van der Waals surface area contributed by atoms with Gasteiger partial charge in [-0.15, -0.1) is 0 Å². The van der Waals surface area contributed by atoms with Gasteiger partial charge in [0.15, 0.2) is 0 Å². The minimum Gasteiger partial charge on any atom is -0.494 e. The van der Waals surface area contributed by atoms with E-state index in [9.17, 15) is 14.0 Å². The quantitative estimate of drug-likeness (QED) is 0.129. The fraction of sp³-hybridized carbons (Fsp3) is 0.389. The molecule has 4 aromatic rings. The molecule has 0 unspecified atom stereocenters. The van der Waals surface area contributed by atoms with Crippen LogP contribution < -0.4 is 4.74 Å². The van der Waals surface area contributed by atoms with Gasteiger partial charge in [-0.2, -0.15) is 0 Å². The number of aromatic amines is 1. The second-order valence-corrected chi connectivity index (χ2v) is 11.0. The molecule has 0 aliphatic rings. The summed E-state index contributed by atoms with van der Waals surface area (Å²) < 4.78 is 19.2. The van der Waals surface area contributed by atoms with Crippen molar-refractivity contribution >= 4 is 22.7 Å². The Hall–Kier alpha value is -4.13. The Labute approximate surface area is 254 Å². The number of hydrogen-bond donors (Lipinski definition) is 1. The van der Waals surface area contributed by atoms with Crippen LogP contribution in [-0.4, -0.2) is 46.3 Å². The molecule has 0 aliphatic carbocycles. The molecular weight excluding hydrogens is 541 g/mol. The smallest absolute Gasteiger partial charge is 0.242 e. The zero-order valence-corrected chi connectivity index (χ0v) is 25.5. The number of rotatable bonds is 17. The van der Waals surface area contributed by atoms with E-state index in [1.54, 1.807) is 17.0 Å². The first kappa shape index (κ1) is 31.8. The molecule has 1 heterocycles. The Bertz CT molecular complexity index is 1430. The van der Waals surface area contributed by atoms with E-state index < -0.39 is 0 Å². The lowest BCUT2D eigenvalue weighted by Crippen LogP contribution is -2.43. The summed E-state index contributed by atoms with van der Waals surface area (Å²) in [4.78, 5) is 34.2. The third-order valence-electron chi connectivity index (χ3n) is 7.75. The summed E-state index contributed by atoms with van der Waals surface area (Å²) in [5.41, 5.74) is 4.00. The molecule has 1 aromatic heterocycles. The van der Waals surface area contributed by atoms with Gasteiger partial charge in [-0.1, -0.05) is 75.1 Å². The summed E-state index contributed by atoms with van der Waals surface area (Å²) in [7, 11) is 0. The maximum Gasteiger partial charge on any atom is 0.242 e. The molecule has 1 N–H and O–H groups in total. The number of halogens is 1. The van der Waals surface area contributed by atoms with Crippen molar-refractivity contribution in [2.75, 3.05) is 19.7 Å². The lowest BCUT2D eigenvalue weighted by Gasteiger charge is -2.28. The summed E-state index contributed by atoms with van der Waals surface area (Å²) in [6.07, 6.45) is 8.26. The van der Waals surface area contributed by atoms with Crippen LogP contribution in [0.3, 0.4) is 0 Å². The molecular formula is C36H44FN3O3. The Morgan fingerprint density at radius 3 is 2.19 bits per heavy atom. The van der Waals surface area contributed by atoms with Gasteiger partial charge in [-0.05, 0) is 66.8 Å². The first-order valence-electron chi connectivity index (χ1n) is 15.5. The van der Waals surface area contributed by atoms with E-state index in [0.717, 1.165) is 65.4 Å². The monoisotopic (exact) mass is 585 g/mol. The molecule has 0 radical (unpaired) electrons. The van der Waals surface area contributed by atoms with Crippen LogP contribution in [0.25, 0.3) is 10.9 Å². The molecule has 228 valence electrons.